The molecule has 0 aromatic carbocycles. The molecule has 1 aliphatic rings. The van der Waals surface area contributed by atoms with Crippen molar-refractivity contribution in [2.45, 2.75) is 39.0 Å². The lowest BCUT2D eigenvalue weighted by atomic mass is 9.81. The van der Waals surface area contributed by atoms with Gasteiger partial charge in [-0.25, -0.2) is 0 Å². The van der Waals surface area contributed by atoms with Gasteiger partial charge >= 0.3 is 0 Å². The highest BCUT2D eigenvalue weighted by atomic mass is 35.5. The highest BCUT2D eigenvalue weighted by molar-refractivity contribution is 6.29. The Morgan fingerprint density at radius 1 is 1.36 bits per heavy atom. The molecule has 1 rings (SSSR count). The molecule has 0 amide bonds. The van der Waals surface area contributed by atoms with E-state index in [1.807, 2.05) is 0 Å². The third kappa shape index (κ3) is 5.02. The smallest absolute Gasteiger partial charge is 0.0307 e. The van der Waals surface area contributed by atoms with Crippen molar-refractivity contribution in [3.8, 4) is 0 Å². The molecule has 1 N–H and O–H groups in total. The van der Waals surface area contributed by atoms with E-state index < -0.39 is 0 Å². The van der Waals surface area contributed by atoms with Crippen LogP contribution in [-0.2, 0) is 0 Å². The summed E-state index contributed by atoms with van der Waals surface area (Å²) in [6, 6.07) is 0. The van der Waals surface area contributed by atoms with Crippen LogP contribution < -0.4 is 5.32 Å². The Morgan fingerprint density at radius 2 is 2.00 bits per heavy atom. The van der Waals surface area contributed by atoms with E-state index >= 15 is 0 Å². The molecular weight excluding hydrogens is 194 g/mol. The van der Waals surface area contributed by atoms with Crippen LogP contribution in [0.4, 0.5) is 0 Å². The van der Waals surface area contributed by atoms with Gasteiger partial charge in [-0.1, -0.05) is 50.8 Å². The molecule has 0 bridgehead atoms. The van der Waals surface area contributed by atoms with Crippen LogP contribution in [0.5, 0.6) is 0 Å². The maximum absolute atomic E-state index is 5.66. The summed E-state index contributed by atoms with van der Waals surface area (Å²) in [6.45, 7) is 7.86. The lowest BCUT2D eigenvalue weighted by Gasteiger charge is -2.26. The first kappa shape index (κ1) is 12.1. The molecule has 1 nitrogen and oxygen atoms in total. The van der Waals surface area contributed by atoms with Crippen molar-refractivity contribution < 1.29 is 0 Å². The normalized spacial score (nSPS) is 27.6. The molecule has 0 heterocycles. The molecule has 82 valence electrons. The van der Waals surface area contributed by atoms with Crippen LogP contribution in [0, 0.1) is 11.8 Å². The summed E-state index contributed by atoms with van der Waals surface area (Å²) >= 11 is 5.66. The average Bonchev–Trinajstić information content (AvgIpc) is 2.15. The van der Waals surface area contributed by atoms with Crippen LogP contribution in [-0.4, -0.2) is 13.1 Å². The van der Waals surface area contributed by atoms with Crippen LogP contribution in [0.1, 0.15) is 39.0 Å². The fourth-order valence-electron chi connectivity index (χ4n) is 2.15. The second kappa shape index (κ2) is 6.47. The highest BCUT2D eigenvalue weighted by Gasteiger charge is 2.17. The van der Waals surface area contributed by atoms with Gasteiger partial charge in [0, 0.05) is 11.6 Å². The summed E-state index contributed by atoms with van der Waals surface area (Å²) in [4.78, 5) is 0. The van der Waals surface area contributed by atoms with Gasteiger partial charge in [0.05, 0.1) is 0 Å². The predicted molar refractivity (Wildman–Crippen MR) is 63.6 cm³/mol. The summed E-state index contributed by atoms with van der Waals surface area (Å²) in [6.07, 6.45) is 6.99. The van der Waals surface area contributed by atoms with Gasteiger partial charge in [0.1, 0.15) is 0 Å². The van der Waals surface area contributed by atoms with Gasteiger partial charge in [0.15, 0.2) is 0 Å². The van der Waals surface area contributed by atoms with E-state index in [0.717, 1.165) is 24.9 Å². The largest absolute Gasteiger partial charge is 0.312 e. The zero-order chi connectivity index (χ0) is 10.4. The van der Waals surface area contributed by atoms with Gasteiger partial charge < -0.3 is 5.32 Å². The second-order valence-corrected chi connectivity index (χ2v) is 5.14. The quantitative estimate of drug-likeness (QED) is 0.692. The first-order valence-corrected chi connectivity index (χ1v) is 6.10. The average molecular weight is 216 g/mol. The van der Waals surface area contributed by atoms with E-state index in [-0.39, 0.29) is 0 Å². The summed E-state index contributed by atoms with van der Waals surface area (Å²) in [5, 5.41) is 4.02. The van der Waals surface area contributed by atoms with E-state index in [9.17, 15) is 0 Å². The van der Waals surface area contributed by atoms with Crippen LogP contribution in [0.15, 0.2) is 11.6 Å². The molecule has 1 saturated carbocycles. The lowest BCUT2D eigenvalue weighted by molar-refractivity contribution is 0.276. The van der Waals surface area contributed by atoms with Crippen molar-refractivity contribution in [1.29, 1.82) is 0 Å². The van der Waals surface area contributed by atoms with Crippen LogP contribution in [0.25, 0.3) is 0 Å². The molecule has 1 fully saturated rings. The number of hydrogen-bond donors (Lipinski definition) is 1. The predicted octanol–water partition coefficient (Wildman–Crippen LogP) is 3.54. The maximum Gasteiger partial charge on any atom is 0.0307 e. The van der Waals surface area contributed by atoms with Crippen molar-refractivity contribution in [1.82, 2.24) is 5.32 Å². The zero-order valence-corrected chi connectivity index (χ0v) is 9.95. The van der Waals surface area contributed by atoms with E-state index in [1.54, 1.807) is 0 Å². The Balaban J connectivity index is 1.99. The molecule has 1 aliphatic carbocycles. The number of nitrogens with one attached hydrogen (secondary N) is 1. The first-order valence-electron chi connectivity index (χ1n) is 5.72. The third-order valence-electron chi connectivity index (χ3n) is 3.18. The molecule has 0 spiro atoms. The van der Waals surface area contributed by atoms with Gasteiger partial charge in [-0.15, -0.1) is 0 Å². The Hall–Kier alpha value is -0.0100. The second-order valence-electron chi connectivity index (χ2n) is 4.61. The Morgan fingerprint density at radius 3 is 2.57 bits per heavy atom. The monoisotopic (exact) mass is 215 g/mol. The molecule has 0 aliphatic heterocycles. The molecule has 0 aromatic heterocycles. The summed E-state index contributed by atoms with van der Waals surface area (Å²) in [7, 11) is 0. The molecule has 2 heteroatoms. The van der Waals surface area contributed by atoms with Crippen LogP contribution in [0.2, 0.25) is 0 Å². The van der Waals surface area contributed by atoms with Gasteiger partial charge in [0.2, 0.25) is 0 Å². The molecule has 0 unspecified atom stereocenters. The van der Waals surface area contributed by atoms with Gasteiger partial charge in [-0.05, 0) is 24.8 Å². The first-order chi connectivity index (χ1) is 6.68. The van der Waals surface area contributed by atoms with Crippen molar-refractivity contribution in [3.63, 3.8) is 0 Å². The van der Waals surface area contributed by atoms with Crippen LogP contribution in [0.3, 0.4) is 0 Å². The van der Waals surface area contributed by atoms with E-state index in [1.165, 1.54) is 32.1 Å². The molecule has 0 aromatic rings. The third-order valence-corrected chi connectivity index (χ3v) is 3.32. The summed E-state index contributed by atoms with van der Waals surface area (Å²) in [5.74, 6) is 1.91. The van der Waals surface area contributed by atoms with E-state index in [2.05, 4.69) is 18.8 Å². The van der Waals surface area contributed by atoms with E-state index in [0.29, 0.717) is 5.03 Å². The fraction of sp³-hybridized carbons (Fsp3) is 0.833. The molecule has 0 saturated heterocycles. The minimum absolute atomic E-state index is 0.710. The van der Waals surface area contributed by atoms with E-state index in [4.69, 9.17) is 11.6 Å². The van der Waals surface area contributed by atoms with Gasteiger partial charge in [-0.3, -0.25) is 0 Å². The Kier molecular flexibility index (Phi) is 5.57. The Bertz CT molecular complexity index is 171. The lowest BCUT2D eigenvalue weighted by Crippen LogP contribution is -2.21. The zero-order valence-electron chi connectivity index (χ0n) is 9.19. The van der Waals surface area contributed by atoms with Crippen molar-refractivity contribution >= 4 is 11.6 Å². The topological polar surface area (TPSA) is 12.0 Å². The highest BCUT2D eigenvalue weighted by Crippen LogP contribution is 2.29. The molecular formula is C12H22ClN. The molecule has 0 radical (unpaired) electrons. The molecule has 14 heavy (non-hydrogen) atoms. The van der Waals surface area contributed by atoms with Gasteiger partial charge in [0.25, 0.3) is 0 Å². The SMILES string of the molecule is C=C(Cl)CNCCC1CCC(C)CC1. The fourth-order valence-corrected chi connectivity index (χ4v) is 2.24. The summed E-state index contributed by atoms with van der Waals surface area (Å²) < 4.78 is 0. The number of hydrogen-bond acceptors (Lipinski definition) is 1. The van der Waals surface area contributed by atoms with Crippen molar-refractivity contribution in [2.24, 2.45) is 11.8 Å². The Labute approximate surface area is 92.9 Å². The van der Waals surface area contributed by atoms with Crippen molar-refractivity contribution in [2.75, 3.05) is 13.1 Å². The minimum Gasteiger partial charge on any atom is -0.312 e. The van der Waals surface area contributed by atoms with Crippen LogP contribution >= 0.6 is 11.6 Å². The minimum atomic E-state index is 0.710. The molecule has 0 atom stereocenters. The number of halogens is 1. The standard InChI is InChI=1S/C12H22ClN/c1-10-3-5-12(6-4-10)7-8-14-9-11(2)13/h10,12,14H,2-9H2,1H3. The van der Waals surface area contributed by atoms with Crippen molar-refractivity contribution in [3.05, 3.63) is 11.6 Å². The maximum atomic E-state index is 5.66. The number of rotatable bonds is 5. The summed E-state index contributed by atoms with van der Waals surface area (Å²) in [5.41, 5.74) is 0. The van der Waals surface area contributed by atoms with Gasteiger partial charge in [-0.2, -0.15) is 0 Å².